The summed E-state index contributed by atoms with van der Waals surface area (Å²) < 4.78 is 13.3. The molecule has 3 heterocycles. The molecule has 1 aliphatic rings. The van der Waals surface area contributed by atoms with Crippen LogP contribution in [0.2, 0.25) is 5.02 Å². The Hall–Kier alpha value is -3.91. The van der Waals surface area contributed by atoms with Crippen molar-refractivity contribution in [1.29, 1.82) is 0 Å². The molecule has 41 heavy (non-hydrogen) atoms. The van der Waals surface area contributed by atoms with Gasteiger partial charge in [-0.15, -0.1) is 0 Å². The van der Waals surface area contributed by atoms with E-state index in [9.17, 15) is 0 Å². The molecule has 1 aliphatic heterocycles. The Morgan fingerprint density at radius 1 is 0.951 bits per heavy atom. The summed E-state index contributed by atoms with van der Waals surface area (Å²) in [5.74, 6) is 0.609. The second-order valence-corrected chi connectivity index (χ2v) is 10.9. The quantitative estimate of drug-likeness (QED) is 0.151. The molecule has 1 fully saturated rings. The van der Waals surface area contributed by atoms with E-state index >= 15 is 0 Å². The largest absolute Gasteiger partial charge is 0.490 e. The highest BCUT2D eigenvalue weighted by Crippen LogP contribution is 2.45. The standard InChI is InChI=1S/C33H31ClN4O2S/c1-21-19-26(22(2)37(21)29-13-8-10-23-9-4-5-11-25(23)29)32-31(28-12-6-7-16-35-28)36-33(41)38(32)24-14-15-30(27(34)20-24)40-18-17-39-3/h4-16,19-20,31-32H,17-18H2,1-3H3,(H,36,41)/t31-,32-/m1/s1. The molecule has 6 rings (SSSR count). The highest BCUT2D eigenvalue weighted by atomic mass is 35.5. The van der Waals surface area contributed by atoms with Gasteiger partial charge in [-0.2, -0.15) is 0 Å². The highest BCUT2D eigenvalue weighted by Gasteiger charge is 2.42. The van der Waals surface area contributed by atoms with Gasteiger partial charge in [-0.3, -0.25) is 4.98 Å². The number of ether oxygens (including phenoxy) is 2. The van der Waals surface area contributed by atoms with Gasteiger partial charge in [-0.05, 0) is 79.5 Å². The number of hydrogen-bond acceptors (Lipinski definition) is 4. The van der Waals surface area contributed by atoms with Gasteiger partial charge in [0.1, 0.15) is 12.4 Å². The van der Waals surface area contributed by atoms with Crippen molar-refractivity contribution in [3.8, 4) is 11.4 Å². The fraction of sp³-hybridized carbons (Fsp3) is 0.212. The molecule has 6 nitrogen and oxygen atoms in total. The van der Waals surface area contributed by atoms with Gasteiger partial charge in [-0.1, -0.05) is 54.1 Å². The Kier molecular flexibility index (Phi) is 7.67. The Labute approximate surface area is 250 Å². The van der Waals surface area contributed by atoms with Gasteiger partial charge < -0.3 is 24.3 Å². The molecule has 1 N–H and O–H groups in total. The van der Waals surface area contributed by atoms with Crippen LogP contribution in [0.5, 0.6) is 5.75 Å². The van der Waals surface area contributed by atoms with Crippen LogP contribution in [-0.4, -0.2) is 35.0 Å². The van der Waals surface area contributed by atoms with E-state index in [4.69, 9.17) is 38.3 Å². The van der Waals surface area contributed by atoms with Crippen molar-refractivity contribution in [1.82, 2.24) is 14.9 Å². The lowest BCUT2D eigenvalue weighted by Crippen LogP contribution is -2.29. The number of pyridine rings is 1. The van der Waals surface area contributed by atoms with Crippen LogP contribution in [0.4, 0.5) is 5.69 Å². The van der Waals surface area contributed by atoms with Crippen LogP contribution in [0.3, 0.4) is 0 Å². The molecule has 0 bridgehead atoms. The van der Waals surface area contributed by atoms with E-state index in [2.05, 4.69) is 77.2 Å². The van der Waals surface area contributed by atoms with Crippen molar-refractivity contribution in [2.24, 2.45) is 0 Å². The maximum Gasteiger partial charge on any atom is 0.174 e. The van der Waals surface area contributed by atoms with E-state index < -0.39 is 0 Å². The molecule has 2 atom stereocenters. The molecule has 3 aromatic carbocycles. The average molecular weight is 583 g/mol. The van der Waals surface area contributed by atoms with Crippen molar-refractivity contribution in [2.45, 2.75) is 25.9 Å². The molecular weight excluding hydrogens is 552 g/mol. The first-order chi connectivity index (χ1) is 20.0. The minimum atomic E-state index is -0.165. The van der Waals surface area contributed by atoms with Crippen LogP contribution in [0.25, 0.3) is 16.5 Å². The van der Waals surface area contributed by atoms with E-state index in [0.717, 1.165) is 34.0 Å². The number of nitrogens with one attached hydrogen (secondary N) is 1. The van der Waals surface area contributed by atoms with Gasteiger partial charge in [-0.25, -0.2) is 0 Å². The Morgan fingerprint density at radius 3 is 2.54 bits per heavy atom. The first-order valence-corrected chi connectivity index (χ1v) is 14.4. The maximum atomic E-state index is 6.71. The zero-order valence-corrected chi connectivity index (χ0v) is 24.7. The number of nitrogens with zero attached hydrogens (tertiary/aromatic N) is 3. The van der Waals surface area contributed by atoms with Crippen molar-refractivity contribution in [2.75, 3.05) is 25.2 Å². The van der Waals surface area contributed by atoms with Crippen LogP contribution in [0.15, 0.2) is 91.1 Å². The van der Waals surface area contributed by atoms with Crippen LogP contribution in [0, 0.1) is 13.8 Å². The summed E-state index contributed by atoms with van der Waals surface area (Å²) in [7, 11) is 1.64. The second-order valence-electron chi connectivity index (χ2n) is 10.1. The number of thiocarbonyl (C=S) groups is 1. The van der Waals surface area contributed by atoms with Crippen molar-refractivity contribution < 1.29 is 9.47 Å². The number of anilines is 1. The van der Waals surface area contributed by atoms with Crippen LogP contribution in [0.1, 0.15) is 34.7 Å². The number of halogens is 1. The minimum Gasteiger partial charge on any atom is -0.490 e. The van der Waals surface area contributed by atoms with E-state index in [1.54, 1.807) is 7.11 Å². The second kappa shape index (κ2) is 11.5. The Bertz CT molecular complexity index is 1720. The third-order valence-corrected chi connectivity index (χ3v) is 8.24. The molecule has 0 unspecified atom stereocenters. The molecule has 5 aromatic rings. The van der Waals surface area contributed by atoms with E-state index in [-0.39, 0.29) is 12.1 Å². The molecular formula is C33H31ClN4O2S. The van der Waals surface area contributed by atoms with Crippen molar-refractivity contribution in [3.05, 3.63) is 119 Å². The number of methoxy groups -OCH3 is 1. The average Bonchev–Trinajstić information content (AvgIpc) is 3.48. The smallest absolute Gasteiger partial charge is 0.174 e. The molecule has 2 aromatic heterocycles. The first kappa shape index (κ1) is 27.3. The van der Waals surface area contributed by atoms with Gasteiger partial charge in [0, 0.05) is 35.8 Å². The highest BCUT2D eigenvalue weighted by molar-refractivity contribution is 7.80. The number of fused-ring (bicyclic) bond motifs is 1. The van der Waals surface area contributed by atoms with Crippen molar-refractivity contribution >= 4 is 45.4 Å². The number of aryl methyl sites for hydroxylation is 1. The first-order valence-electron chi connectivity index (χ1n) is 13.6. The summed E-state index contributed by atoms with van der Waals surface area (Å²) in [4.78, 5) is 6.86. The molecule has 208 valence electrons. The lowest BCUT2D eigenvalue weighted by atomic mass is 9.96. The number of hydrogen-bond donors (Lipinski definition) is 1. The fourth-order valence-corrected chi connectivity index (χ4v) is 6.38. The zero-order chi connectivity index (χ0) is 28.5. The van der Waals surface area contributed by atoms with E-state index in [1.165, 1.54) is 10.8 Å². The summed E-state index contributed by atoms with van der Waals surface area (Å²) in [5, 5.41) is 7.11. The summed E-state index contributed by atoms with van der Waals surface area (Å²) >= 11 is 12.7. The predicted molar refractivity (Wildman–Crippen MR) is 170 cm³/mol. The van der Waals surface area contributed by atoms with E-state index in [1.807, 2.05) is 42.6 Å². The third kappa shape index (κ3) is 5.05. The summed E-state index contributed by atoms with van der Waals surface area (Å²) in [6, 6.07) is 28.7. The van der Waals surface area contributed by atoms with Crippen molar-refractivity contribution in [3.63, 3.8) is 0 Å². The third-order valence-electron chi connectivity index (χ3n) is 7.63. The number of aromatic nitrogens is 2. The number of benzene rings is 3. The molecule has 8 heteroatoms. The van der Waals surface area contributed by atoms with Gasteiger partial charge >= 0.3 is 0 Å². The Balaban J connectivity index is 1.48. The topological polar surface area (TPSA) is 51.6 Å². The summed E-state index contributed by atoms with van der Waals surface area (Å²) in [6.45, 7) is 5.24. The normalized spacial score (nSPS) is 16.8. The van der Waals surface area contributed by atoms with Gasteiger partial charge in [0.15, 0.2) is 5.11 Å². The monoisotopic (exact) mass is 582 g/mol. The molecule has 0 radical (unpaired) electrons. The lowest BCUT2D eigenvalue weighted by molar-refractivity contribution is 0.146. The van der Waals surface area contributed by atoms with Crippen LogP contribution < -0.4 is 15.0 Å². The summed E-state index contributed by atoms with van der Waals surface area (Å²) in [5.41, 5.74) is 6.40. The van der Waals surface area contributed by atoms with Gasteiger partial charge in [0.2, 0.25) is 0 Å². The van der Waals surface area contributed by atoms with E-state index in [0.29, 0.717) is 29.1 Å². The SMILES string of the molecule is COCCOc1ccc(N2C(=S)N[C@H](c3ccccn3)[C@H]2c2cc(C)n(-c3cccc4ccccc34)c2C)cc1Cl. The lowest BCUT2D eigenvalue weighted by Gasteiger charge is -2.28. The number of rotatable bonds is 8. The molecule has 1 saturated heterocycles. The van der Waals surface area contributed by atoms with Crippen LogP contribution in [-0.2, 0) is 4.74 Å². The zero-order valence-electron chi connectivity index (χ0n) is 23.2. The Morgan fingerprint density at radius 2 is 1.76 bits per heavy atom. The molecule has 0 aliphatic carbocycles. The molecule has 0 spiro atoms. The van der Waals surface area contributed by atoms with Gasteiger partial charge in [0.25, 0.3) is 0 Å². The minimum absolute atomic E-state index is 0.163. The predicted octanol–water partition coefficient (Wildman–Crippen LogP) is 7.50. The fourth-order valence-electron chi connectivity index (χ4n) is 5.80. The molecule has 0 amide bonds. The van der Waals surface area contributed by atoms with Crippen LogP contribution >= 0.6 is 23.8 Å². The maximum absolute atomic E-state index is 6.71. The molecule has 0 saturated carbocycles. The summed E-state index contributed by atoms with van der Waals surface area (Å²) in [6.07, 6.45) is 1.82. The van der Waals surface area contributed by atoms with Gasteiger partial charge in [0.05, 0.1) is 35.1 Å².